The maximum atomic E-state index is 5.11. The smallest absolute Gasteiger partial charge is 0.166 e. The van der Waals surface area contributed by atoms with Crippen molar-refractivity contribution < 1.29 is 4.90 Å². The molecule has 0 bridgehead atoms. The van der Waals surface area contributed by atoms with Crippen molar-refractivity contribution in [3.8, 4) is 22.4 Å². The van der Waals surface area contributed by atoms with Crippen LogP contribution < -0.4 is 9.80 Å². The molecule has 1 aliphatic heterocycles. The fraction of sp³-hybridized carbons (Fsp3) is 0.259. The Morgan fingerprint density at radius 1 is 0.969 bits per heavy atom. The zero-order valence-corrected chi connectivity index (χ0v) is 18.9. The SMILES string of the molecule is C=C(C)C[NH+]1CCN(c2cc(-c3ccccc3)nc3c(-c4ccccc4)c(C)nn23)CC1. The number of nitrogens with one attached hydrogen (secondary N) is 1. The molecule has 2 aromatic heterocycles. The molecule has 0 atom stereocenters. The van der Waals surface area contributed by atoms with Crippen molar-refractivity contribution in [1.82, 2.24) is 14.6 Å². The second-order valence-electron chi connectivity index (χ2n) is 8.80. The first kappa shape index (κ1) is 20.5. The molecule has 5 rings (SSSR count). The summed E-state index contributed by atoms with van der Waals surface area (Å²) in [5.41, 5.74) is 7.54. The van der Waals surface area contributed by atoms with Gasteiger partial charge < -0.3 is 9.80 Å². The Labute approximate surface area is 189 Å². The van der Waals surface area contributed by atoms with Gasteiger partial charge >= 0.3 is 0 Å². The van der Waals surface area contributed by atoms with Crippen LogP contribution in [0.3, 0.4) is 0 Å². The highest BCUT2D eigenvalue weighted by Crippen LogP contribution is 2.32. The molecule has 0 saturated carbocycles. The van der Waals surface area contributed by atoms with Gasteiger partial charge in [-0.15, -0.1) is 0 Å². The number of hydrogen-bond donors (Lipinski definition) is 1. The fourth-order valence-corrected chi connectivity index (χ4v) is 4.69. The minimum atomic E-state index is 0.918. The van der Waals surface area contributed by atoms with Crippen molar-refractivity contribution in [1.29, 1.82) is 0 Å². The third-order valence-corrected chi connectivity index (χ3v) is 6.22. The van der Waals surface area contributed by atoms with Gasteiger partial charge in [0.25, 0.3) is 0 Å². The highest BCUT2D eigenvalue weighted by atomic mass is 15.4. The molecule has 2 aromatic carbocycles. The summed E-state index contributed by atoms with van der Waals surface area (Å²) in [5, 5.41) is 4.96. The molecule has 1 fully saturated rings. The van der Waals surface area contributed by atoms with Crippen molar-refractivity contribution in [3.05, 3.63) is 84.6 Å². The summed E-state index contributed by atoms with van der Waals surface area (Å²) in [6.45, 7) is 13.5. The molecular weight excluding hydrogens is 394 g/mol. The molecule has 0 aliphatic carbocycles. The van der Waals surface area contributed by atoms with E-state index in [0.717, 1.165) is 72.3 Å². The van der Waals surface area contributed by atoms with Gasteiger partial charge in [0.05, 0.1) is 44.1 Å². The molecule has 3 heterocycles. The number of fused-ring (bicyclic) bond motifs is 1. The zero-order valence-electron chi connectivity index (χ0n) is 18.9. The lowest BCUT2D eigenvalue weighted by molar-refractivity contribution is -0.895. The number of quaternary nitrogens is 1. The Kier molecular flexibility index (Phi) is 5.50. The quantitative estimate of drug-likeness (QED) is 0.497. The Morgan fingerprint density at radius 2 is 1.59 bits per heavy atom. The molecule has 1 aliphatic rings. The standard InChI is InChI=1S/C27H29N5/c1-20(2)19-30-14-16-31(17-15-30)25-18-24(22-10-6-4-7-11-22)28-27-26(21(3)29-32(25)27)23-12-8-5-9-13-23/h4-13,18H,1,14-17,19H2,2-3H3/p+1. The van der Waals surface area contributed by atoms with Gasteiger partial charge in [0.1, 0.15) is 5.82 Å². The van der Waals surface area contributed by atoms with Crippen molar-refractivity contribution in [2.45, 2.75) is 13.8 Å². The first-order valence-corrected chi connectivity index (χ1v) is 11.3. The molecule has 4 aromatic rings. The van der Waals surface area contributed by atoms with E-state index in [-0.39, 0.29) is 0 Å². The highest BCUT2D eigenvalue weighted by molar-refractivity contribution is 5.82. The van der Waals surface area contributed by atoms with Crippen LogP contribution in [-0.4, -0.2) is 47.3 Å². The van der Waals surface area contributed by atoms with E-state index in [1.165, 1.54) is 5.57 Å². The first-order valence-electron chi connectivity index (χ1n) is 11.3. The van der Waals surface area contributed by atoms with Crippen LogP contribution in [0.2, 0.25) is 0 Å². The first-order chi connectivity index (χ1) is 15.6. The van der Waals surface area contributed by atoms with Crippen molar-refractivity contribution in [2.24, 2.45) is 0 Å². The van der Waals surface area contributed by atoms with Gasteiger partial charge in [-0.3, -0.25) is 0 Å². The van der Waals surface area contributed by atoms with Gasteiger partial charge in [0.2, 0.25) is 0 Å². The summed E-state index contributed by atoms with van der Waals surface area (Å²) in [6.07, 6.45) is 0. The van der Waals surface area contributed by atoms with E-state index < -0.39 is 0 Å². The van der Waals surface area contributed by atoms with Gasteiger partial charge in [-0.2, -0.15) is 9.61 Å². The Hall–Kier alpha value is -3.44. The topological polar surface area (TPSA) is 37.9 Å². The summed E-state index contributed by atoms with van der Waals surface area (Å²) < 4.78 is 2.05. The second kappa shape index (κ2) is 8.60. The summed E-state index contributed by atoms with van der Waals surface area (Å²) in [5.74, 6) is 1.12. The zero-order chi connectivity index (χ0) is 22.1. The van der Waals surface area contributed by atoms with Crippen molar-refractivity contribution in [2.75, 3.05) is 37.6 Å². The lowest BCUT2D eigenvalue weighted by atomic mass is 10.1. The summed E-state index contributed by atoms with van der Waals surface area (Å²) in [7, 11) is 0. The van der Waals surface area contributed by atoms with Crippen LogP contribution in [0, 0.1) is 6.92 Å². The molecule has 0 amide bonds. The van der Waals surface area contributed by atoms with Gasteiger partial charge in [0.15, 0.2) is 5.65 Å². The largest absolute Gasteiger partial charge is 0.345 e. The fourth-order valence-electron chi connectivity index (χ4n) is 4.69. The number of nitrogens with zero attached hydrogens (tertiary/aromatic N) is 4. The molecule has 0 unspecified atom stereocenters. The molecule has 0 radical (unpaired) electrons. The van der Waals surface area contributed by atoms with Crippen LogP contribution in [0.5, 0.6) is 0 Å². The van der Waals surface area contributed by atoms with E-state index in [1.807, 2.05) is 16.6 Å². The van der Waals surface area contributed by atoms with Crippen LogP contribution in [-0.2, 0) is 0 Å². The van der Waals surface area contributed by atoms with Gasteiger partial charge in [-0.05, 0) is 25.0 Å². The predicted molar refractivity (Wildman–Crippen MR) is 131 cm³/mol. The van der Waals surface area contributed by atoms with Crippen LogP contribution >= 0.6 is 0 Å². The van der Waals surface area contributed by atoms with E-state index in [0.29, 0.717) is 0 Å². The van der Waals surface area contributed by atoms with E-state index in [2.05, 4.69) is 79.9 Å². The average Bonchev–Trinajstić information content (AvgIpc) is 3.15. The lowest BCUT2D eigenvalue weighted by Gasteiger charge is -2.33. The number of hydrogen-bond acceptors (Lipinski definition) is 3. The third kappa shape index (κ3) is 3.92. The lowest BCUT2D eigenvalue weighted by Crippen LogP contribution is -3.15. The van der Waals surface area contributed by atoms with Gasteiger partial charge in [0, 0.05) is 17.2 Å². The number of aryl methyl sites for hydroxylation is 1. The molecule has 5 nitrogen and oxygen atoms in total. The number of benzene rings is 2. The van der Waals surface area contributed by atoms with Crippen molar-refractivity contribution in [3.63, 3.8) is 0 Å². The van der Waals surface area contributed by atoms with Gasteiger partial charge in [-0.25, -0.2) is 4.98 Å². The maximum Gasteiger partial charge on any atom is 0.166 e. The Balaban J connectivity index is 1.63. The summed E-state index contributed by atoms with van der Waals surface area (Å²) >= 11 is 0. The molecule has 1 N–H and O–H groups in total. The predicted octanol–water partition coefficient (Wildman–Crippen LogP) is 3.65. The van der Waals surface area contributed by atoms with E-state index in [9.17, 15) is 0 Å². The third-order valence-electron chi connectivity index (χ3n) is 6.22. The van der Waals surface area contributed by atoms with Crippen LogP contribution in [0.4, 0.5) is 5.82 Å². The molecule has 5 heteroatoms. The maximum absolute atomic E-state index is 5.11. The van der Waals surface area contributed by atoms with Crippen LogP contribution in [0.15, 0.2) is 78.9 Å². The van der Waals surface area contributed by atoms with E-state index in [4.69, 9.17) is 10.1 Å². The number of piperazine rings is 1. The van der Waals surface area contributed by atoms with Gasteiger partial charge in [-0.1, -0.05) is 67.2 Å². The normalized spacial score (nSPS) is 14.8. The monoisotopic (exact) mass is 424 g/mol. The molecule has 162 valence electrons. The van der Waals surface area contributed by atoms with Crippen LogP contribution in [0.25, 0.3) is 28.0 Å². The molecule has 0 spiro atoms. The second-order valence-corrected chi connectivity index (χ2v) is 8.80. The number of aromatic nitrogens is 3. The van der Waals surface area contributed by atoms with E-state index in [1.54, 1.807) is 4.90 Å². The Bertz CT molecular complexity index is 1240. The molecular formula is C27H30N5+. The molecule has 32 heavy (non-hydrogen) atoms. The van der Waals surface area contributed by atoms with Crippen LogP contribution in [0.1, 0.15) is 12.6 Å². The average molecular weight is 425 g/mol. The minimum Gasteiger partial charge on any atom is -0.345 e. The molecule has 1 saturated heterocycles. The van der Waals surface area contributed by atoms with Crippen molar-refractivity contribution >= 4 is 11.5 Å². The summed E-state index contributed by atoms with van der Waals surface area (Å²) in [6, 6.07) is 23.1. The summed E-state index contributed by atoms with van der Waals surface area (Å²) in [4.78, 5) is 9.17. The Morgan fingerprint density at radius 3 is 2.22 bits per heavy atom. The van der Waals surface area contributed by atoms with E-state index >= 15 is 0 Å². The number of rotatable bonds is 5. The number of anilines is 1. The highest BCUT2D eigenvalue weighted by Gasteiger charge is 2.25. The minimum absolute atomic E-state index is 0.918.